The van der Waals surface area contributed by atoms with Gasteiger partial charge in [-0.25, -0.2) is 9.18 Å². The Morgan fingerprint density at radius 1 is 0.905 bits per heavy atom. The Labute approximate surface area is 240 Å². The number of hydrogen-bond acceptors (Lipinski definition) is 4. The maximum Gasteiger partial charge on any atom is 0.335 e. The van der Waals surface area contributed by atoms with Crippen LogP contribution in [0.25, 0.3) is 32.9 Å². The number of aromatic carboxylic acids is 1. The highest BCUT2D eigenvalue weighted by Crippen LogP contribution is 2.30. The van der Waals surface area contributed by atoms with E-state index in [0.29, 0.717) is 34.4 Å². The number of fused-ring (bicyclic) bond motifs is 2. The first-order valence-electron chi connectivity index (χ1n) is 13.2. The van der Waals surface area contributed by atoms with Gasteiger partial charge in [-0.3, -0.25) is 9.78 Å². The maximum absolute atomic E-state index is 13.8. The number of rotatable bonds is 7. The minimum absolute atomic E-state index is 0.168. The molecule has 0 bridgehead atoms. The summed E-state index contributed by atoms with van der Waals surface area (Å²) in [5.41, 5.74) is 5.43. The van der Waals surface area contributed by atoms with E-state index in [0.717, 1.165) is 27.5 Å². The molecule has 2 N–H and O–H groups in total. The number of hydrogen-bond donors (Lipinski definition) is 2. The molecule has 1 amide bonds. The molecule has 204 valence electrons. The van der Waals surface area contributed by atoms with Crippen molar-refractivity contribution >= 4 is 33.7 Å². The third-order valence-corrected chi connectivity index (χ3v) is 7.13. The number of aromatic nitrogens is 2. The zero-order valence-corrected chi connectivity index (χ0v) is 22.2. The van der Waals surface area contributed by atoms with Crippen molar-refractivity contribution in [2.24, 2.45) is 0 Å². The second-order valence-corrected chi connectivity index (χ2v) is 9.92. The number of nitriles is 1. The Bertz CT molecular complexity index is 2040. The van der Waals surface area contributed by atoms with Gasteiger partial charge in [0.2, 0.25) is 0 Å². The van der Waals surface area contributed by atoms with Crippen molar-refractivity contribution in [1.29, 1.82) is 5.26 Å². The maximum atomic E-state index is 13.8. The van der Waals surface area contributed by atoms with E-state index in [1.54, 1.807) is 42.5 Å². The highest BCUT2D eigenvalue weighted by Gasteiger charge is 2.17. The van der Waals surface area contributed by atoms with Crippen LogP contribution in [0.2, 0.25) is 0 Å². The van der Waals surface area contributed by atoms with Gasteiger partial charge in [-0.15, -0.1) is 0 Å². The van der Waals surface area contributed by atoms with Crippen LogP contribution >= 0.6 is 0 Å². The van der Waals surface area contributed by atoms with Gasteiger partial charge < -0.3 is 15.0 Å². The van der Waals surface area contributed by atoms with Crippen LogP contribution in [0.5, 0.6) is 0 Å². The van der Waals surface area contributed by atoms with Crippen LogP contribution < -0.4 is 5.32 Å². The molecule has 2 heterocycles. The summed E-state index contributed by atoms with van der Waals surface area (Å²) >= 11 is 0. The lowest BCUT2D eigenvalue weighted by Gasteiger charge is -2.13. The standard InChI is InChI=1S/C34H23FN4O3/c35-28-10-8-23-9-11-29(38-31(23)17-28)20-39-13-12-26-15-27(25-3-1-2-22(14-25)18-36)16-30(32(26)39)33(40)37-19-21-4-6-24(7-5-21)34(41)42/h1-17H,19-20H2,(H,37,40)(H,41,42). The van der Waals surface area contributed by atoms with Crippen molar-refractivity contribution < 1.29 is 19.1 Å². The molecule has 0 unspecified atom stereocenters. The number of halogens is 1. The minimum Gasteiger partial charge on any atom is -0.478 e. The molecule has 0 fully saturated rings. The number of carbonyl (C=O) groups excluding carboxylic acids is 1. The highest BCUT2D eigenvalue weighted by molar-refractivity contribution is 6.08. The molecule has 0 aliphatic rings. The Hall–Kier alpha value is -5.81. The zero-order chi connectivity index (χ0) is 29.2. The van der Waals surface area contributed by atoms with E-state index in [4.69, 9.17) is 5.11 Å². The monoisotopic (exact) mass is 554 g/mol. The lowest BCUT2D eigenvalue weighted by molar-refractivity contribution is 0.0696. The lowest BCUT2D eigenvalue weighted by atomic mass is 9.98. The molecule has 4 aromatic carbocycles. The van der Waals surface area contributed by atoms with Crippen LogP contribution in [0.4, 0.5) is 4.39 Å². The average Bonchev–Trinajstić information content (AvgIpc) is 3.41. The van der Waals surface area contributed by atoms with E-state index in [1.807, 2.05) is 41.1 Å². The Balaban J connectivity index is 1.39. The lowest BCUT2D eigenvalue weighted by Crippen LogP contribution is -2.23. The minimum atomic E-state index is -1.02. The van der Waals surface area contributed by atoms with E-state index in [9.17, 15) is 19.2 Å². The zero-order valence-electron chi connectivity index (χ0n) is 22.2. The molecule has 0 saturated heterocycles. The highest BCUT2D eigenvalue weighted by atomic mass is 19.1. The summed E-state index contributed by atoms with van der Waals surface area (Å²) in [7, 11) is 0. The van der Waals surface area contributed by atoms with Crippen molar-refractivity contribution in [2.75, 3.05) is 0 Å². The van der Waals surface area contributed by atoms with Gasteiger partial charge >= 0.3 is 5.97 Å². The molecular weight excluding hydrogens is 531 g/mol. The Morgan fingerprint density at radius 2 is 1.71 bits per heavy atom. The SMILES string of the molecule is N#Cc1cccc(-c2cc(C(=O)NCc3ccc(C(=O)O)cc3)c3c(ccn3Cc3ccc4ccc(F)cc4n3)c2)c1. The summed E-state index contributed by atoms with van der Waals surface area (Å²) in [5.74, 6) is -1.69. The Kier molecular flexibility index (Phi) is 6.91. The fourth-order valence-electron chi connectivity index (χ4n) is 5.03. The van der Waals surface area contributed by atoms with E-state index >= 15 is 0 Å². The van der Waals surface area contributed by atoms with Gasteiger partial charge in [0.25, 0.3) is 5.91 Å². The van der Waals surface area contributed by atoms with Gasteiger partial charge in [-0.1, -0.05) is 30.3 Å². The van der Waals surface area contributed by atoms with Crippen LogP contribution in [0.15, 0.2) is 103 Å². The third-order valence-electron chi connectivity index (χ3n) is 7.13. The van der Waals surface area contributed by atoms with Crippen LogP contribution in [-0.4, -0.2) is 26.5 Å². The molecular formula is C34H23FN4O3. The first-order chi connectivity index (χ1) is 20.4. The molecule has 8 heteroatoms. The molecule has 2 aromatic heterocycles. The van der Waals surface area contributed by atoms with Gasteiger partial charge in [0.1, 0.15) is 5.82 Å². The van der Waals surface area contributed by atoms with Gasteiger partial charge in [-0.05, 0) is 77.4 Å². The quantitative estimate of drug-likeness (QED) is 0.233. The fraction of sp³-hybridized carbons (Fsp3) is 0.0588. The topological polar surface area (TPSA) is 108 Å². The molecule has 0 atom stereocenters. The summed E-state index contributed by atoms with van der Waals surface area (Å²) in [4.78, 5) is 29.5. The number of benzene rings is 4. The number of nitrogens with zero attached hydrogens (tertiary/aromatic N) is 3. The summed E-state index contributed by atoms with van der Waals surface area (Å²) < 4.78 is 15.8. The van der Waals surface area contributed by atoms with Gasteiger partial charge in [0.05, 0.1) is 46.0 Å². The fourth-order valence-corrected chi connectivity index (χ4v) is 5.03. The van der Waals surface area contributed by atoms with E-state index in [-0.39, 0.29) is 23.8 Å². The normalized spacial score (nSPS) is 11.0. The summed E-state index contributed by atoms with van der Waals surface area (Å²) in [6, 6.07) is 29.7. The third kappa shape index (κ3) is 5.31. The second-order valence-electron chi connectivity index (χ2n) is 9.92. The van der Waals surface area contributed by atoms with Gasteiger partial charge in [0.15, 0.2) is 0 Å². The van der Waals surface area contributed by atoms with Crippen molar-refractivity contribution in [1.82, 2.24) is 14.9 Å². The predicted molar refractivity (Wildman–Crippen MR) is 157 cm³/mol. The van der Waals surface area contributed by atoms with Crippen LogP contribution in [0.1, 0.15) is 37.5 Å². The smallest absolute Gasteiger partial charge is 0.335 e. The molecule has 42 heavy (non-hydrogen) atoms. The predicted octanol–water partition coefficient (Wildman–Crippen LogP) is 6.54. The molecule has 0 spiro atoms. The first kappa shape index (κ1) is 26.4. The van der Waals surface area contributed by atoms with Gasteiger partial charge in [-0.2, -0.15) is 5.26 Å². The van der Waals surface area contributed by atoms with Crippen molar-refractivity contribution in [3.63, 3.8) is 0 Å². The molecule has 7 nitrogen and oxygen atoms in total. The summed E-state index contributed by atoms with van der Waals surface area (Å²) in [6.45, 7) is 0.559. The van der Waals surface area contributed by atoms with Gasteiger partial charge in [0, 0.05) is 29.6 Å². The van der Waals surface area contributed by atoms with Crippen LogP contribution in [0.3, 0.4) is 0 Å². The molecule has 0 saturated carbocycles. The number of pyridine rings is 1. The largest absolute Gasteiger partial charge is 0.478 e. The van der Waals surface area contributed by atoms with Crippen molar-refractivity contribution in [2.45, 2.75) is 13.1 Å². The van der Waals surface area contributed by atoms with E-state index in [2.05, 4.69) is 16.4 Å². The number of carboxylic acid groups (broad SMARTS) is 1. The molecule has 0 aliphatic heterocycles. The first-order valence-corrected chi connectivity index (χ1v) is 13.2. The number of amides is 1. The molecule has 6 rings (SSSR count). The number of carboxylic acids is 1. The van der Waals surface area contributed by atoms with Crippen molar-refractivity contribution in [3.8, 4) is 17.2 Å². The van der Waals surface area contributed by atoms with E-state index < -0.39 is 5.97 Å². The summed E-state index contributed by atoms with van der Waals surface area (Å²) in [5, 5.41) is 23.2. The molecule has 0 radical (unpaired) electrons. The van der Waals surface area contributed by atoms with E-state index in [1.165, 1.54) is 24.3 Å². The summed E-state index contributed by atoms with van der Waals surface area (Å²) in [6.07, 6.45) is 1.89. The van der Waals surface area contributed by atoms with Crippen LogP contribution in [0, 0.1) is 17.1 Å². The molecule has 6 aromatic rings. The average molecular weight is 555 g/mol. The van der Waals surface area contributed by atoms with Crippen molar-refractivity contribution in [3.05, 3.63) is 137 Å². The molecule has 0 aliphatic carbocycles. The Morgan fingerprint density at radius 3 is 2.50 bits per heavy atom. The second kappa shape index (κ2) is 11.0. The number of nitrogens with one attached hydrogen (secondary N) is 1. The van der Waals surface area contributed by atoms with Crippen LogP contribution in [-0.2, 0) is 13.1 Å². The number of carbonyl (C=O) groups is 2.